The number of carbonyl (C=O) groups excluding carboxylic acids is 1. The fourth-order valence-corrected chi connectivity index (χ4v) is 3.35. The van der Waals surface area contributed by atoms with E-state index < -0.39 is 0 Å². The zero-order valence-electron chi connectivity index (χ0n) is 13.5. The van der Waals surface area contributed by atoms with Crippen LogP contribution >= 0.6 is 0 Å². The lowest BCUT2D eigenvalue weighted by Crippen LogP contribution is -2.43. The van der Waals surface area contributed by atoms with Crippen molar-refractivity contribution in [2.75, 3.05) is 13.2 Å². The van der Waals surface area contributed by atoms with Gasteiger partial charge in [0.25, 0.3) is 5.91 Å². The molecule has 3 rings (SSSR count). The minimum Gasteiger partial charge on any atom is -0.494 e. The van der Waals surface area contributed by atoms with Crippen LogP contribution in [0.4, 0.5) is 0 Å². The van der Waals surface area contributed by atoms with Gasteiger partial charge in [0.05, 0.1) is 6.61 Å². The molecule has 1 aromatic carbocycles. The van der Waals surface area contributed by atoms with Crippen molar-refractivity contribution < 1.29 is 14.6 Å². The number of aromatic amines is 1. The van der Waals surface area contributed by atoms with Gasteiger partial charge in [-0.2, -0.15) is 0 Å². The van der Waals surface area contributed by atoms with Gasteiger partial charge in [-0.05, 0) is 38.0 Å². The minimum absolute atomic E-state index is 0.0617. The Hall–Kier alpha value is -2.01. The van der Waals surface area contributed by atoms with Gasteiger partial charge in [-0.15, -0.1) is 0 Å². The number of aromatic nitrogens is 1. The Morgan fingerprint density at radius 1 is 1.35 bits per heavy atom. The number of H-pyrrole nitrogens is 1. The Morgan fingerprint density at radius 2 is 2.17 bits per heavy atom. The number of amides is 1. The molecule has 0 radical (unpaired) electrons. The topological polar surface area (TPSA) is 74.3 Å². The Bertz CT molecular complexity index is 680. The fourth-order valence-electron chi connectivity index (χ4n) is 3.35. The van der Waals surface area contributed by atoms with Crippen molar-refractivity contribution in [3.05, 3.63) is 30.0 Å². The third kappa shape index (κ3) is 3.50. The third-order valence-corrected chi connectivity index (χ3v) is 4.61. The molecule has 1 heterocycles. The van der Waals surface area contributed by atoms with Crippen LogP contribution in [0.15, 0.2) is 24.3 Å². The van der Waals surface area contributed by atoms with E-state index in [0.29, 0.717) is 12.3 Å². The van der Waals surface area contributed by atoms with Gasteiger partial charge in [0.1, 0.15) is 11.4 Å². The Labute approximate surface area is 136 Å². The first-order valence-electron chi connectivity index (χ1n) is 8.38. The van der Waals surface area contributed by atoms with Crippen LogP contribution in [-0.4, -0.2) is 35.3 Å². The smallest absolute Gasteiger partial charge is 0.267 e. The van der Waals surface area contributed by atoms with Crippen molar-refractivity contribution in [3.8, 4) is 5.75 Å². The first-order chi connectivity index (χ1) is 11.2. The van der Waals surface area contributed by atoms with E-state index in [1.165, 1.54) is 0 Å². The van der Waals surface area contributed by atoms with E-state index in [-0.39, 0.29) is 24.5 Å². The van der Waals surface area contributed by atoms with E-state index in [0.717, 1.165) is 42.3 Å². The van der Waals surface area contributed by atoms with Crippen molar-refractivity contribution in [2.45, 2.75) is 38.6 Å². The summed E-state index contributed by atoms with van der Waals surface area (Å²) in [5, 5.41) is 13.5. The number of aliphatic hydroxyl groups is 1. The average molecular weight is 316 g/mol. The molecule has 3 N–H and O–H groups in total. The molecule has 2 unspecified atom stereocenters. The lowest BCUT2D eigenvalue weighted by molar-refractivity contribution is 0.0868. The molecule has 1 aliphatic rings. The van der Waals surface area contributed by atoms with Crippen molar-refractivity contribution in [1.29, 1.82) is 0 Å². The second kappa shape index (κ2) is 7.04. The molecule has 0 spiro atoms. The molecule has 1 aromatic heterocycles. The van der Waals surface area contributed by atoms with Crippen LogP contribution in [0, 0.1) is 5.92 Å². The molecule has 5 nitrogen and oxygen atoms in total. The number of rotatable bonds is 5. The van der Waals surface area contributed by atoms with E-state index in [4.69, 9.17) is 4.74 Å². The van der Waals surface area contributed by atoms with Crippen LogP contribution in [0.1, 0.15) is 43.1 Å². The fraction of sp³-hybridized carbons (Fsp3) is 0.500. The van der Waals surface area contributed by atoms with Gasteiger partial charge in [0, 0.05) is 35.5 Å². The van der Waals surface area contributed by atoms with Gasteiger partial charge < -0.3 is 20.1 Å². The minimum atomic E-state index is -0.107. The molecule has 0 bridgehead atoms. The quantitative estimate of drug-likeness (QED) is 0.794. The SMILES string of the molecule is CCOc1ccc2cc(C(=O)NC3CCCCC3CO)[nH]c2c1. The lowest BCUT2D eigenvalue weighted by atomic mass is 9.85. The zero-order chi connectivity index (χ0) is 16.2. The van der Waals surface area contributed by atoms with Crippen LogP contribution in [0.25, 0.3) is 10.9 Å². The summed E-state index contributed by atoms with van der Waals surface area (Å²) in [6.07, 6.45) is 4.15. The van der Waals surface area contributed by atoms with Crippen LogP contribution in [-0.2, 0) is 0 Å². The summed E-state index contributed by atoms with van der Waals surface area (Å²) < 4.78 is 5.49. The van der Waals surface area contributed by atoms with Crippen molar-refractivity contribution in [3.63, 3.8) is 0 Å². The van der Waals surface area contributed by atoms with E-state index in [1.54, 1.807) is 0 Å². The van der Waals surface area contributed by atoms with E-state index >= 15 is 0 Å². The Balaban J connectivity index is 1.75. The highest BCUT2D eigenvalue weighted by Crippen LogP contribution is 2.25. The van der Waals surface area contributed by atoms with Gasteiger partial charge >= 0.3 is 0 Å². The molecule has 1 aliphatic carbocycles. The van der Waals surface area contributed by atoms with Crippen molar-refractivity contribution in [2.24, 2.45) is 5.92 Å². The lowest BCUT2D eigenvalue weighted by Gasteiger charge is -2.30. The Morgan fingerprint density at radius 3 is 2.96 bits per heavy atom. The number of nitrogens with one attached hydrogen (secondary N) is 2. The number of aliphatic hydroxyl groups excluding tert-OH is 1. The maximum atomic E-state index is 12.5. The van der Waals surface area contributed by atoms with E-state index in [2.05, 4.69) is 10.3 Å². The number of benzene rings is 1. The molecule has 23 heavy (non-hydrogen) atoms. The van der Waals surface area contributed by atoms with Crippen LogP contribution in [0.5, 0.6) is 5.75 Å². The standard InChI is InChI=1S/C18H24N2O3/c1-2-23-14-8-7-12-9-17(19-16(12)10-14)18(22)20-15-6-4-3-5-13(15)11-21/h7-10,13,15,19,21H,2-6,11H2,1H3,(H,20,22). The van der Waals surface area contributed by atoms with Gasteiger partial charge in [-0.3, -0.25) is 4.79 Å². The largest absolute Gasteiger partial charge is 0.494 e. The number of carbonyl (C=O) groups is 1. The highest BCUT2D eigenvalue weighted by Gasteiger charge is 2.26. The number of ether oxygens (including phenoxy) is 1. The Kier molecular flexibility index (Phi) is 4.86. The van der Waals surface area contributed by atoms with E-state index in [9.17, 15) is 9.90 Å². The zero-order valence-corrected chi connectivity index (χ0v) is 13.5. The van der Waals surface area contributed by atoms with Crippen molar-refractivity contribution >= 4 is 16.8 Å². The maximum absolute atomic E-state index is 12.5. The molecule has 5 heteroatoms. The second-order valence-electron chi connectivity index (χ2n) is 6.17. The molecule has 124 valence electrons. The summed E-state index contributed by atoms with van der Waals surface area (Å²) >= 11 is 0. The van der Waals surface area contributed by atoms with Gasteiger partial charge in [-0.1, -0.05) is 12.8 Å². The highest BCUT2D eigenvalue weighted by atomic mass is 16.5. The summed E-state index contributed by atoms with van der Waals surface area (Å²) in [7, 11) is 0. The number of hydrogen-bond acceptors (Lipinski definition) is 3. The summed E-state index contributed by atoms with van der Waals surface area (Å²) in [5.74, 6) is 0.854. The van der Waals surface area contributed by atoms with Gasteiger partial charge in [0.2, 0.25) is 0 Å². The normalized spacial score (nSPS) is 21.3. The van der Waals surface area contributed by atoms with E-state index in [1.807, 2.05) is 31.2 Å². The molecular formula is C18H24N2O3. The average Bonchev–Trinajstić information content (AvgIpc) is 2.99. The summed E-state index contributed by atoms with van der Waals surface area (Å²) in [6.45, 7) is 2.69. The second-order valence-corrected chi connectivity index (χ2v) is 6.17. The molecule has 0 aliphatic heterocycles. The summed E-state index contributed by atoms with van der Waals surface area (Å²) in [6, 6.07) is 7.69. The van der Waals surface area contributed by atoms with Crippen LogP contribution < -0.4 is 10.1 Å². The predicted molar refractivity (Wildman–Crippen MR) is 89.8 cm³/mol. The number of hydrogen-bond donors (Lipinski definition) is 3. The first-order valence-corrected chi connectivity index (χ1v) is 8.38. The monoisotopic (exact) mass is 316 g/mol. The van der Waals surface area contributed by atoms with Gasteiger partial charge in [0.15, 0.2) is 0 Å². The summed E-state index contributed by atoms with van der Waals surface area (Å²) in [4.78, 5) is 15.7. The molecular weight excluding hydrogens is 292 g/mol. The molecule has 0 saturated heterocycles. The maximum Gasteiger partial charge on any atom is 0.267 e. The first kappa shape index (κ1) is 15.9. The molecule has 1 fully saturated rings. The van der Waals surface area contributed by atoms with Crippen LogP contribution in [0.3, 0.4) is 0 Å². The number of fused-ring (bicyclic) bond motifs is 1. The molecule has 1 amide bonds. The van der Waals surface area contributed by atoms with Gasteiger partial charge in [-0.25, -0.2) is 0 Å². The molecule has 1 saturated carbocycles. The third-order valence-electron chi connectivity index (χ3n) is 4.61. The summed E-state index contributed by atoms with van der Waals surface area (Å²) in [5.41, 5.74) is 1.44. The van der Waals surface area contributed by atoms with Crippen LogP contribution in [0.2, 0.25) is 0 Å². The van der Waals surface area contributed by atoms with Crippen molar-refractivity contribution in [1.82, 2.24) is 10.3 Å². The highest BCUT2D eigenvalue weighted by molar-refractivity contribution is 5.98. The molecule has 2 aromatic rings. The molecule has 2 atom stereocenters. The predicted octanol–water partition coefficient (Wildman–Crippen LogP) is 2.85.